The van der Waals surface area contributed by atoms with Crippen molar-refractivity contribution in [3.05, 3.63) is 36.4 Å². The second-order valence-electron chi connectivity index (χ2n) is 7.75. The van der Waals surface area contributed by atoms with Gasteiger partial charge in [0.15, 0.2) is 0 Å². The lowest BCUT2D eigenvalue weighted by Gasteiger charge is -2.31. The van der Waals surface area contributed by atoms with Crippen LogP contribution in [0.1, 0.15) is 50.3 Å². The third-order valence-electron chi connectivity index (χ3n) is 5.86. The first-order valence-electron chi connectivity index (χ1n) is 9.89. The van der Waals surface area contributed by atoms with Crippen LogP contribution in [0.25, 0.3) is 0 Å². The topological polar surface area (TPSA) is 61.9 Å². The lowest BCUT2D eigenvalue weighted by atomic mass is 9.81. The van der Waals surface area contributed by atoms with Crippen LogP contribution in [0.5, 0.6) is 0 Å². The van der Waals surface area contributed by atoms with Gasteiger partial charge in [0.1, 0.15) is 5.78 Å². The number of aromatic nitrogens is 4. The average molecular weight is 356 g/mol. The van der Waals surface area contributed by atoms with Crippen molar-refractivity contribution in [2.75, 3.05) is 13.2 Å². The zero-order valence-corrected chi connectivity index (χ0v) is 15.3. The van der Waals surface area contributed by atoms with Crippen LogP contribution in [0.15, 0.2) is 30.7 Å². The summed E-state index contributed by atoms with van der Waals surface area (Å²) < 4.78 is 9.52. The Bertz CT molecular complexity index is 703. The van der Waals surface area contributed by atoms with Gasteiger partial charge in [-0.15, -0.1) is 0 Å². The minimum Gasteiger partial charge on any atom is -0.381 e. The van der Waals surface area contributed by atoms with Crippen molar-refractivity contribution >= 4 is 5.78 Å². The molecule has 4 rings (SSSR count). The Hall–Kier alpha value is -1.95. The van der Waals surface area contributed by atoms with Crippen LogP contribution in [-0.2, 0) is 22.5 Å². The Morgan fingerprint density at radius 1 is 1.19 bits per heavy atom. The number of ether oxygens (including phenoxy) is 1. The van der Waals surface area contributed by atoms with Crippen molar-refractivity contribution in [2.45, 2.75) is 57.5 Å². The molecule has 2 fully saturated rings. The van der Waals surface area contributed by atoms with Gasteiger partial charge in [-0.2, -0.15) is 10.2 Å². The number of hydrogen-bond acceptors (Lipinski definition) is 4. The van der Waals surface area contributed by atoms with Gasteiger partial charge >= 0.3 is 0 Å². The Kier molecular flexibility index (Phi) is 5.48. The van der Waals surface area contributed by atoms with Crippen LogP contribution < -0.4 is 0 Å². The summed E-state index contributed by atoms with van der Waals surface area (Å²) in [4.78, 5) is 12.8. The predicted molar refractivity (Wildman–Crippen MR) is 97.7 cm³/mol. The van der Waals surface area contributed by atoms with Crippen LogP contribution in [0.3, 0.4) is 0 Å². The van der Waals surface area contributed by atoms with Gasteiger partial charge in [-0.1, -0.05) is 12.8 Å². The highest BCUT2D eigenvalue weighted by atomic mass is 16.5. The lowest BCUT2D eigenvalue weighted by molar-refractivity contribution is -0.120. The molecule has 0 N–H and O–H groups in total. The van der Waals surface area contributed by atoms with E-state index in [0.29, 0.717) is 36.5 Å². The van der Waals surface area contributed by atoms with Gasteiger partial charge < -0.3 is 4.74 Å². The lowest BCUT2D eigenvalue weighted by Crippen LogP contribution is -2.26. The van der Waals surface area contributed by atoms with Crippen molar-refractivity contribution in [3.63, 3.8) is 0 Å². The summed E-state index contributed by atoms with van der Waals surface area (Å²) in [7, 11) is 0. The van der Waals surface area contributed by atoms with E-state index in [1.54, 1.807) is 0 Å². The van der Waals surface area contributed by atoms with E-state index in [0.717, 1.165) is 44.7 Å². The van der Waals surface area contributed by atoms with Crippen molar-refractivity contribution < 1.29 is 9.53 Å². The van der Waals surface area contributed by atoms with Gasteiger partial charge in [0.25, 0.3) is 0 Å². The maximum absolute atomic E-state index is 12.8. The molecule has 1 saturated heterocycles. The Morgan fingerprint density at radius 2 is 2.12 bits per heavy atom. The summed E-state index contributed by atoms with van der Waals surface area (Å²) >= 11 is 0. The average Bonchev–Trinajstić information content (AvgIpc) is 3.39. The Labute approximate surface area is 154 Å². The molecule has 2 aromatic rings. The number of carbonyl (C=O) groups excluding carboxylic acids is 1. The molecule has 26 heavy (non-hydrogen) atoms. The van der Waals surface area contributed by atoms with Crippen molar-refractivity contribution in [3.8, 4) is 0 Å². The third-order valence-corrected chi connectivity index (χ3v) is 5.86. The van der Waals surface area contributed by atoms with E-state index in [1.807, 2.05) is 35.4 Å². The number of Topliss-reactive ketones (excluding diaryl/α,β-unsaturated/α-hetero) is 1. The quantitative estimate of drug-likeness (QED) is 0.765. The molecule has 6 heteroatoms. The predicted octanol–water partition coefficient (Wildman–Crippen LogP) is 3.05. The van der Waals surface area contributed by atoms with Gasteiger partial charge in [-0.05, 0) is 37.3 Å². The molecule has 0 aromatic carbocycles. The van der Waals surface area contributed by atoms with Crippen LogP contribution >= 0.6 is 0 Å². The van der Waals surface area contributed by atoms with E-state index in [2.05, 4.69) is 14.9 Å². The highest BCUT2D eigenvalue weighted by molar-refractivity contribution is 5.80. The molecule has 0 spiro atoms. The number of carbonyl (C=O) groups is 1. The van der Waals surface area contributed by atoms with Gasteiger partial charge in [-0.3, -0.25) is 14.2 Å². The summed E-state index contributed by atoms with van der Waals surface area (Å²) in [6, 6.07) is 4.32. The summed E-state index contributed by atoms with van der Waals surface area (Å²) in [6.45, 7) is 2.51. The van der Waals surface area contributed by atoms with Crippen LogP contribution in [-0.4, -0.2) is 38.6 Å². The fourth-order valence-corrected chi connectivity index (χ4v) is 4.46. The fraction of sp³-hybridized carbons (Fsp3) is 0.650. The van der Waals surface area contributed by atoms with E-state index < -0.39 is 0 Å². The summed E-state index contributed by atoms with van der Waals surface area (Å²) in [5.41, 5.74) is 1.04. The second-order valence-corrected chi connectivity index (χ2v) is 7.75. The zero-order valence-electron chi connectivity index (χ0n) is 15.3. The van der Waals surface area contributed by atoms with E-state index >= 15 is 0 Å². The molecule has 1 saturated carbocycles. The maximum Gasteiger partial charge on any atom is 0.139 e. The van der Waals surface area contributed by atoms with Gasteiger partial charge in [0, 0.05) is 56.2 Å². The largest absolute Gasteiger partial charge is 0.381 e. The summed E-state index contributed by atoms with van der Waals surface area (Å²) in [6.07, 6.45) is 12.6. The number of ketones is 1. The van der Waals surface area contributed by atoms with Gasteiger partial charge in [0.2, 0.25) is 0 Å². The monoisotopic (exact) mass is 356 g/mol. The molecule has 3 heterocycles. The molecule has 2 aliphatic rings. The molecule has 1 aliphatic carbocycles. The van der Waals surface area contributed by atoms with Gasteiger partial charge in [0.05, 0.1) is 12.6 Å². The first-order valence-corrected chi connectivity index (χ1v) is 9.89. The highest BCUT2D eigenvalue weighted by Gasteiger charge is 2.29. The summed E-state index contributed by atoms with van der Waals surface area (Å²) in [5.74, 6) is 1.24. The van der Waals surface area contributed by atoms with E-state index in [-0.39, 0.29) is 0 Å². The van der Waals surface area contributed by atoms with Crippen LogP contribution in [0, 0.1) is 11.8 Å². The second kappa shape index (κ2) is 8.16. The van der Waals surface area contributed by atoms with Crippen molar-refractivity contribution in [1.29, 1.82) is 0 Å². The minimum absolute atomic E-state index is 0.318. The minimum atomic E-state index is 0.318. The third kappa shape index (κ3) is 4.06. The van der Waals surface area contributed by atoms with E-state index in [4.69, 9.17) is 4.74 Å². The van der Waals surface area contributed by atoms with Crippen LogP contribution in [0.4, 0.5) is 0 Å². The smallest absolute Gasteiger partial charge is 0.139 e. The van der Waals surface area contributed by atoms with Crippen LogP contribution in [0.2, 0.25) is 0 Å². The maximum atomic E-state index is 12.8. The molecule has 6 nitrogen and oxygen atoms in total. The Balaban J connectivity index is 1.37. The number of nitrogens with zero attached hydrogens (tertiary/aromatic N) is 4. The van der Waals surface area contributed by atoms with E-state index in [9.17, 15) is 4.79 Å². The zero-order chi connectivity index (χ0) is 17.8. The molecule has 0 bridgehead atoms. The Morgan fingerprint density at radius 3 is 2.92 bits per heavy atom. The SMILES string of the molecule is O=C(Cc1ccnn1CC1CCOC1)CC1CCCCC1n1cccn1. The number of hydrogen-bond donors (Lipinski definition) is 0. The molecule has 3 atom stereocenters. The normalized spacial score (nSPS) is 26.2. The molecular formula is C20H28N4O2. The molecule has 0 amide bonds. The summed E-state index contributed by atoms with van der Waals surface area (Å²) in [5, 5.41) is 8.85. The first-order chi connectivity index (χ1) is 12.8. The molecule has 140 valence electrons. The number of rotatable bonds is 7. The standard InChI is InChI=1S/C20H28N4O2/c25-19(12-17-4-1-2-5-20(17)23-10-3-8-21-23)13-18-6-9-22-24(18)14-16-7-11-26-15-16/h3,6,8-10,16-17,20H,1-2,4-5,7,11-15H2. The van der Waals surface area contributed by atoms with Crippen molar-refractivity contribution in [1.82, 2.24) is 19.6 Å². The molecular weight excluding hydrogens is 328 g/mol. The van der Waals surface area contributed by atoms with E-state index in [1.165, 1.54) is 12.8 Å². The molecule has 3 unspecified atom stereocenters. The molecule has 1 aliphatic heterocycles. The fourth-order valence-electron chi connectivity index (χ4n) is 4.46. The first kappa shape index (κ1) is 17.5. The molecule has 0 radical (unpaired) electrons. The highest BCUT2D eigenvalue weighted by Crippen LogP contribution is 2.35. The molecule has 2 aromatic heterocycles. The van der Waals surface area contributed by atoms with Crippen molar-refractivity contribution in [2.24, 2.45) is 11.8 Å². The van der Waals surface area contributed by atoms with Gasteiger partial charge in [-0.25, -0.2) is 0 Å².